The predicted octanol–water partition coefficient (Wildman–Crippen LogP) is 2.02. The fraction of sp³-hybridized carbons (Fsp3) is 0.727. The molecule has 0 aliphatic carbocycles. The van der Waals surface area contributed by atoms with E-state index in [1.165, 1.54) is 11.8 Å². The van der Waals surface area contributed by atoms with Crippen LogP contribution >= 0.6 is 11.8 Å². The average molecular weight is 247 g/mol. The lowest BCUT2D eigenvalue weighted by Gasteiger charge is -2.13. The van der Waals surface area contributed by atoms with Gasteiger partial charge in [-0.25, -0.2) is 0 Å². The monoisotopic (exact) mass is 247 g/mol. The molecule has 3 N–H and O–H groups in total. The summed E-state index contributed by atoms with van der Waals surface area (Å²) in [5, 5.41) is 20.8. The van der Waals surface area contributed by atoms with Crippen LogP contribution in [0.2, 0.25) is 0 Å². The topological polar surface area (TPSA) is 69.6 Å². The van der Waals surface area contributed by atoms with Crippen molar-refractivity contribution in [3.8, 4) is 0 Å². The second-order valence-electron chi connectivity index (χ2n) is 3.63. The van der Waals surface area contributed by atoms with E-state index in [2.05, 4.69) is 18.8 Å². The van der Waals surface area contributed by atoms with Crippen LogP contribution in [0.4, 0.5) is 0 Å². The Hall–Kier alpha value is -0.680. The van der Waals surface area contributed by atoms with E-state index in [1.54, 1.807) is 0 Å². The third kappa shape index (κ3) is 8.61. The number of carboxylic acids is 1. The summed E-state index contributed by atoms with van der Waals surface area (Å²) in [6.45, 7) is 6.19. The van der Waals surface area contributed by atoms with E-state index in [9.17, 15) is 4.79 Å². The Morgan fingerprint density at radius 3 is 2.62 bits per heavy atom. The highest BCUT2D eigenvalue weighted by Crippen LogP contribution is 2.06. The number of hydrogen-bond acceptors (Lipinski definition) is 4. The lowest BCUT2D eigenvalue weighted by Crippen LogP contribution is -2.39. The van der Waals surface area contributed by atoms with E-state index in [1.807, 2.05) is 0 Å². The second kappa shape index (κ2) is 9.54. The Bertz CT molecular complexity index is 221. The first kappa shape index (κ1) is 15.3. The van der Waals surface area contributed by atoms with Gasteiger partial charge >= 0.3 is 5.97 Å². The molecule has 0 saturated heterocycles. The van der Waals surface area contributed by atoms with Gasteiger partial charge in [-0.3, -0.25) is 4.79 Å². The summed E-state index contributed by atoms with van der Waals surface area (Å²) in [5.74, 6) is 0.0780. The maximum Gasteiger partial charge on any atom is 0.321 e. The molecular formula is C11H21NO3S. The Kier molecular flexibility index (Phi) is 9.13. The molecule has 0 amide bonds. The molecule has 94 valence electrons. The zero-order valence-corrected chi connectivity index (χ0v) is 10.6. The van der Waals surface area contributed by atoms with E-state index in [0.29, 0.717) is 11.5 Å². The van der Waals surface area contributed by atoms with Gasteiger partial charge in [-0.2, -0.15) is 11.8 Å². The number of carboxylic acid groups (broad SMARTS) is 1. The highest BCUT2D eigenvalue weighted by molar-refractivity contribution is 7.99. The number of aliphatic hydroxyl groups excluding tert-OH is 1. The number of nitrogens with one attached hydrogen (secondary N) is 1. The van der Waals surface area contributed by atoms with Crippen molar-refractivity contribution in [2.75, 3.05) is 18.1 Å². The van der Waals surface area contributed by atoms with Crippen LogP contribution in [0.1, 0.15) is 26.2 Å². The van der Waals surface area contributed by atoms with E-state index >= 15 is 0 Å². The second-order valence-corrected chi connectivity index (χ2v) is 4.66. The summed E-state index contributed by atoms with van der Waals surface area (Å²) in [6, 6.07) is -0.541. The lowest BCUT2D eigenvalue weighted by molar-refractivity contribution is -0.138. The van der Waals surface area contributed by atoms with Crippen LogP contribution in [0.3, 0.4) is 0 Å². The Morgan fingerprint density at radius 1 is 1.44 bits per heavy atom. The van der Waals surface area contributed by atoms with E-state index in [4.69, 9.17) is 10.2 Å². The summed E-state index contributed by atoms with van der Waals surface area (Å²) < 4.78 is 0. The van der Waals surface area contributed by atoms with Gasteiger partial charge in [0.05, 0.1) is 11.5 Å². The summed E-state index contributed by atoms with van der Waals surface area (Å²) in [4.78, 5) is 10.9. The fourth-order valence-electron chi connectivity index (χ4n) is 1.16. The molecule has 0 spiro atoms. The van der Waals surface area contributed by atoms with E-state index in [-0.39, 0.29) is 5.76 Å². The number of unbranched alkanes of at least 4 members (excludes halogenated alkanes) is 2. The van der Waals surface area contributed by atoms with Gasteiger partial charge < -0.3 is 15.5 Å². The molecule has 0 bridgehead atoms. The molecule has 0 radical (unpaired) electrons. The molecule has 0 aromatic rings. The number of aliphatic hydroxyl groups is 1. The number of aliphatic carboxylic acids is 1. The summed E-state index contributed by atoms with van der Waals surface area (Å²) in [6.07, 6.45) is 3.23. The number of rotatable bonds is 10. The van der Waals surface area contributed by atoms with Crippen LogP contribution in [0.5, 0.6) is 0 Å². The van der Waals surface area contributed by atoms with Crippen LogP contribution < -0.4 is 5.32 Å². The maximum absolute atomic E-state index is 10.9. The Morgan fingerprint density at radius 2 is 2.12 bits per heavy atom. The molecule has 0 fully saturated rings. The van der Waals surface area contributed by atoms with Crippen molar-refractivity contribution in [1.29, 1.82) is 0 Å². The summed E-state index contributed by atoms with van der Waals surface area (Å²) in [7, 11) is 0. The van der Waals surface area contributed by atoms with E-state index in [0.717, 1.165) is 25.8 Å². The SMILES string of the molecule is C=C(O)CSCC(NCCCCC)C(=O)O. The zero-order chi connectivity index (χ0) is 12.4. The van der Waals surface area contributed by atoms with Crippen LogP contribution in [-0.4, -0.2) is 40.3 Å². The average Bonchev–Trinajstić information content (AvgIpc) is 2.20. The number of carbonyl (C=O) groups is 1. The van der Waals surface area contributed by atoms with Crippen LogP contribution in [0.25, 0.3) is 0 Å². The minimum absolute atomic E-state index is 0.0834. The highest BCUT2D eigenvalue weighted by atomic mass is 32.2. The minimum atomic E-state index is -0.840. The third-order valence-corrected chi connectivity index (χ3v) is 3.13. The quantitative estimate of drug-likeness (QED) is 0.407. The van der Waals surface area contributed by atoms with E-state index < -0.39 is 12.0 Å². The predicted molar refractivity (Wildman–Crippen MR) is 68.0 cm³/mol. The Balaban J connectivity index is 3.71. The molecule has 5 heteroatoms. The lowest BCUT2D eigenvalue weighted by atomic mass is 10.2. The van der Waals surface area contributed by atoms with Crippen molar-refractivity contribution in [3.05, 3.63) is 12.3 Å². The first-order valence-corrected chi connectivity index (χ1v) is 6.64. The first-order valence-electron chi connectivity index (χ1n) is 5.48. The van der Waals surface area contributed by atoms with Gasteiger partial charge in [0, 0.05) is 5.75 Å². The van der Waals surface area contributed by atoms with Gasteiger partial charge in [0.25, 0.3) is 0 Å². The van der Waals surface area contributed by atoms with Gasteiger partial charge in [-0.05, 0) is 13.0 Å². The largest absolute Gasteiger partial charge is 0.512 e. The molecule has 0 saturated carbocycles. The van der Waals surface area contributed by atoms with Crippen molar-refractivity contribution in [3.63, 3.8) is 0 Å². The number of hydrogen-bond donors (Lipinski definition) is 3. The van der Waals surface area contributed by atoms with Gasteiger partial charge in [0.2, 0.25) is 0 Å². The molecule has 4 nitrogen and oxygen atoms in total. The molecule has 0 aromatic heterocycles. The molecular weight excluding hydrogens is 226 g/mol. The Labute approximate surface area is 101 Å². The van der Waals surface area contributed by atoms with Crippen molar-refractivity contribution >= 4 is 17.7 Å². The molecule has 0 aliphatic rings. The number of thioether (sulfide) groups is 1. The minimum Gasteiger partial charge on any atom is -0.512 e. The molecule has 1 atom stereocenters. The normalized spacial score (nSPS) is 12.3. The third-order valence-electron chi connectivity index (χ3n) is 2.02. The molecule has 0 heterocycles. The van der Waals surface area contributed by atoms with Crippen molar-refractivity contribution < 1.29 is 15.0 Å². The van der Waals surface area contributed by atoms with Crippen molar-refractivity contribution in [2.24, 2.45) is 0 Å². The zero-order valence-electron chi connectivity index (χ0n) is 9.74. The van der Waals surface area contributed by atoms with Gasteiger partial charge in [0.1, 0.15) is 6.04 Å². The standard InChI is InChI=1S/C11H21NO3S/c1-3-4-5-6-12-10(11(14)15)8-16-7-9(2)13/h10,12-13H,2-8H2,1H3,(H,14,15). The van der Waals surface area contributed by atoms with Crippen LogP contribution in [-0.2, 0) is 4.79 Å². The summed E-state index contributed by atoms with van der Waals surface area (Å²) in [5.41, 5.74) is 0. The fourth-order valence-corrected chi connectivity index (χ4v) is 2.01. The van der Waals surface area contributed by atoms with Crippen molar-refractivity contribution in [2.45, 2.75) is 32.2 Å². The smallest absolute Gasteiger partial charge is 0.321 e. The molecule has 0 rings (SSSR count). The van der Waals surface area contributed by atoms with Gasteiger partial charge in [0.15, 0.2) is 0 Å². The molecule has 0 aromatic carbocycles. The first-order chi connectivity index (χ1) is 7.57. The molecule has 0 aliphatic heterocycles. The van der Waals surface area contributed by atoms with Gasteiger partial charge in [-0.15, -0.1) is 0 Å². The highest BCUT2D eigenvalue weighted by Gasteiger charge is 2.15. The van der Waals surface area contributed by atoms with Crippen LogP contribution in [0.15, 0.2) is 12.3 Å². The van der Waals surface area contributed by atoms with Crippen LogP contribution in [0, 0.1) is 0 Å². The molecule has 1 unspecified atom stereocenters. The maximum atomic E-state index is 10.9. The summed E-state index contributed by atoms with van der Waals surface area (Å²) >= 11 is 1.37. The molecule has 16 heavy (non-hydrogen) atoms. The van der Waals surface area contributed by atoms with Crippen molar-refractivity contribution in [1.82, 2.24) is 5.32 Å². The van der Waals surface area contributed by atoms with Gasteiger partial charge in [-0.1, -0.05) is 26.3 Å².